The van der Waals surface area contributed by atoms with E-state index in [4.69, 9.17) is 4.74 Å². The number of rotatable bonds is 2. The van der Waals surface area contributed by atoms with Gasteiger partial charge in [-0.1, -0.05) is 22.0 Å². The lowest BCUT2D eigenvalue weighted by Gasteiger charge is -2.34. The zero-order chi connectivity index (χ0) is 11.4. The molecule has 5 heteroatoms. The van der Waals surface area contributed by atoms with Crippen LogP contribution in [0, 0.1) is 0 Å². The molecule has 1 fully saturated rings. The Labute approximate surface area is 103 Å². The fourth-order valence-electron chi connectivity index (χ4n) is 1.69. The number of nitrogens with zero attached hydrogens (tertiary/aromatic N) is 2. The van der Waals surface area contributed by atoms with Crippen LogP contribution < -0.4 is 0 Å². The standard InChI is InChI=1S/C11H13BrN2O2/c12-7-9-8-16-6-5-14(9)11(15)10-3-1-2-4-13-10/h1-4,9H,5-8H2. The summed E-state index contributed by atoms with van der Waals surface area (Å²) in [6.45, 7) is 1.82. The van der Waals surface area contributed by atoms with Crippen molar-refractivity contribution in [2.45, 2.75) is 6.04 Å². The first kappa shape index (κ1) is 11.5. The number of carbonyl (C=O) groups excluding carboxylic acids is 1. The molecule has 1 aliphatic heterocycles. The van der Waals surface area contributed by atoms with Gasteiger partial charge >= 0.3 is 0 Å². The zero-order valence-corrected chi connectivity index (χ0v) is 10.4. The number of ether oxygens (including phenoxy) is 1. The van der Waals surface area contributed by atoms with Crippen molar-refractivity contribution in [3.05, 3.63) is 30.1 Å². The summed E-state index contributed by atoms with van der Waals surface area (Å²) < 4.78 is 5.34. The molecule has 0 saturated carbocycles. The van der Waals surface area contributed by atoms with Gasteiger partial charge in [-0.25, -0.2) is 0 Å². The maximum Gasteiger partial charge on any atom is 0.272 e. The number of aromatic nitrogens is 1. The molecule has 0 aliphatic carbocycles. The van der Waals surface area contributed by atoms with Gasteiger partial charge in [0.25, 0.3) is 5.91 Å². The molecule has 2 rings (SSSR count). The Bertz CT molecular complexity index is 358. The number of morpholine rings is 1. The predicted octanol–water partition coefficient (Wildman–Crippen LogP) is 1.32. The first-order valence-corrected chi connectivity index (χ1v) is 6.31. The molecule has 1 atom stereocenters. The Balaban J connectivity index is 2.14. The highest BCUT2D eigenvalue weighted by Crippen LogP contribution is 2.12. The lowest BCUT2D eigenvalue weighted by Crippen LogP contribution is -2.49. The van der Waals surface area contributed by atoms with Crippen molar-refractivity contribution in [2.75, 3.05) is 25.1 Å². The summed E-state index contributed by atoms with van der Waals surface area (Å²) in [4.78, 5) is 18.1. The van der Waals surface area contributed by atoms with E-state index in [1.54, 1.807) is 18.3 Å². The highest BCUT2D eigenvalue weighted by Gasteiger charge is 2.27. The van der Waals surface area contributed by atoms with E-state index >= 15 is 0 Å². The molecule has 1 unspecified atom stereocenters. The van der Waals surface area contributed by atoms with Crippen LogP contribution in [0.25, 0.3) is 0 Å². The van der Waals surface area contributed by atoms with Crippen LogP contribution >= 0.6 is 15.9 Å². The fourth-order valence-corrected chi connectivity index (χ4v) is 2.22. The number of carbonyl (C=O) groups is 1. The van der Waals surface area contributed by atoms with Gasteiger partial charge in [0.15, 0.2) is 0 Å². The number of pyridine rings is 1. The zero-order valence-electron chi connectivity index (χ0n) is 8.80. The largest absolute Gasteiger partial charge is 0.377 e. The minimum absolute atomic E-state index is 0.0200. The monoisotopic (exact) mass is 284 g/mol. The lowest BCUT2D eigenvalue weighted by molar-refractivity contribution is 0.00492. The SMILES string of the molecule is O=C(c1ccccn1)N1CCOCC1CBr. The van der Waals surface area contributed by atoms with Crippen molar-refractivity contribution >= 4 is 21.8 Å². The van der Waals surface area contributed by atoms with Crippen molar-refractivity contribution in [1.82, 2.24) is 9.88 Å². The van der Waals surface area contributed by atoms with Crippen LogP contribution in [0.5, 0.6) is 0 Å². The van der Waals surface area contributed by atoms with Crippen molar-refractivity contribution in [1.29, 1.82) is 0 Å². The average molecular weight is 285 g/mol. The van der Waals surface area contributed by atoms with E-state index in [1.807, 2.05) is 11.0 Å². The maximum atomic E-state index is 12.2. The quantitative estimate of drug-likeness (QED) is 0.770. The van der Waals surface area contributed by atoms with E-state index < -0.39 is 0 Å². The van der Waals surface area contributed by atoms with Gasteiger partial charge in [0.2, 0.25) is 0 Å². The molecule has 0 N–H and O–H groups in total. The molecule has 0 radical (unpaired) electrons. The summed E-state index contributed by atoms with van der Waals surface area (Å²) in [7, 11) is 0. The molecule has 2 heterocycles. The topological polar surface area (TPSA) is 42.4 Å². The Hall–Kier alpha value is -0.940. The summed E-state index contributed by atoms with van der Waals surface area (Å²) in [6.07, 6.45) is 1.64. The Morgan fingerprint density at radius 2 is 2.50 bits per heavy atom. The van der Waals surface area contributed by atoms with E-state index in [1.165, 1.54) is 0 Å². The number of hydrogen-bond acceptors (Lipinski definition) is 3. The van der Waals surface area contributed by atoms with E-state index in [9.17, 15) is 4.79 Å². The van der Waals surface area contributed by atoms with Crippen LogP contribution in [0.15, 0.2) is 24.4 Å². The minimum atomic E-state index is -0.0200. The van der Waals surface area contributed by atoms with Gasteiger partial charge in [-0.05, 0) is 12.1 Å². The molecular formula is C11H13BrN2O2. The van der Waals surface area contributed by atoms with Crippen molar-refractivity contribution in [2.24, 2.45) is 0 Å². The van der Waals surface area contributed by atoms with Crippen LogP contribution in [0.1, 0.15) is 10.5 Å². The minimum Gasteiger partial charge on any atom is -0.377 e. The molecule has 1 amide bonds. The molecule has 1 aromatic heterocycles. The Morgan fingerprint density at radius 1 is 1.62 bits per heavy atom. The second kappa shape index (κ2) is 5.41. The number of hydrogen-bond donors (Lipinski definition) is 0. The second-order valence-corrected chi connectivity index (χ2v) is 4.24. The highest BCUT2D eigenvalue weighted by atomic mass is 79.9. The molecule has 1 aromatic rings. The van der Waals surface area contributed by atoms with E-state index in [0.717, 1.165) is 5.33 Å². The van der Waals surface area contributed by atoms with Gasteiger partial charge in [-0.3, -0.25) is 9.78 Å². The van der Waals surface area contributed by atoms with Gasteiger partial charge < -0.3 is 9.64 Å². The average Bonchev–Trinajstić information content (AvgIpc) is 2.39. The number of alkyl halides is 1. The van der Waals surface area contributed by atoms with E-state index in [-0.39, 0.29) is 11.9 Å². The van der Waals surface area contributed by atoms with Gasteiger partial charge in [0.1, 0.15) is 5.69 Å². The summed E-state index contributed by atoms with van der Waals surface area (Å²) in [5.41, 5.74) is 0.496. The third kappa shape index (κ3) is 2.41. The first-order valence-electron chi connectivity index (χ1n) is 5.18. The normalized spacial score (nSPS) is 20.8. The highest BCUT2D eigenvalue weighted by molar-refractivity contribution is 9.09. The van der Waals surface area contributed by atoms with E-state index in [0.29, 0.717) is 25.5 Å². The molecule has 86 valence electrons. The molecule has 0 bridgehead atoms. The van der Waals surface area contributed by atoms with Crippen LogP contribution in [-0.2, 0) is 4.74 Å². The second-order valence-electron chi connectivity index (χ2n) is 3.60. The van der Waals surface area contributed by atoms with Crippen LogP contribution in [0.3, 0.4) is 0 Å². The predicted molar refractivity (Wildman–Crippen MR) is 63.7 cm³/mol. The summed E-state index contributed by atoms with van der Waals surface area (Å²) >= 11 is 3.40. The molecular weight excluding hydrogens is 272 g/mol. The smallest absolute Gasteiger partial charge is 0.272 e. The maximum absolute atomic E-state index is 12.2. The molecule has 4 nitrogen and oxygen atoms in total. The Kier molecular flexibility index (Phi) is 3.90. The molecule has 1 saturated heterocycles. The van der Waals surface area contributed by atoms with Gasteiger partial charge in [0.05, 0.1) is 19.3 Å². The van der Waals surface area contributed by atoms with Crippen molar-refractivity contribution in [3.63, 3.8) is 0 Å². The summed E-state index contributed by atoms with van der Waals surface area (Å²) in [6, 6.07) is 5.47. The van der Waals surface area contributed by atoms with Crippen LogP contribution in [0.2, 0.25) is 0 Å². The summed E-state index contributed by atoms with van der Waals surface area (Å²) in [5, 5.41) is 0.728. The van der Waals surface area contributed by atoms with Gasteiger partial charge in [-0.15, -0.1) is 0 Å². The van der Waals surface area contributed by atoms with Crippen molar-refractivity contribution in [3.8, 4) is 0 Å². The summed E-state index contributed by atoms with van der Waals surface area (Å²) in [5.74, 6) is -0.0200. The molecule has 0 spiro atoms. The van der Waals surface area contributed by atoms with Crippen molar-refractivity contribution < 1.29 is 9.53 Å². The molecule has 16 heavy (non-hydrogen) atoms. The third-order valence-corrected chi connectivity index (χ3v) is 3.30. The fraction of sp³-hybridized carbons (Fsp3) is 0.455. The number of amides is 1. The first-order chi connectivity index (χ1) is 7.83. The Morgan fingerprint density at radius 3 is 3.19 bits per heavy atom. The number of halogens is 1. The molecule has 0 aromatic carbocycles. The van der Waals surface area contributed by atoms with Gasteiger partial charge in [0, 0.05) is 18.1 Å². The lowest BCUT2D eigenvalue weighted by atomic mass is 10.2. The molecule has 1 aliphatic rings. The van der Waals surface area contributed by atoms with Crippen LogP contribution in [0.4, 0.5) is 0 Å². The van der Waals surface area contributed by atoms with Crippen LogP contribution in [-0.4, -0.2) is 46.9 Å². The van der Waals surface area contributed by atoms with E-state index in [2.05, 4.69) is 20.9 Å². The van der Waals surface area contributed by atoms with Gasteiger partial charge in [-0.2, -0.15) is 0 Å². The third-order valence-electron chi connectivity index (χ3n) is 2.55.